The fourth-order valence-electron chi connectivity index (χ4n) is 2.52. The SMILES string of the molecule is CC(C)C(=O)N1CC(N(C)C)Cc2cc(O)c(O)cc21. The van der Waals surface area contributed by atoms with Gasteiger partial charge in [0.2, 0.25) is 5.91 Å². The Labute approximate surface area is 119 Å². The van der Waals surface area contributed by atoms with E-state index >= 15 is 0 Å². The fraction of sp³-hybridized carbons (Fsp3) is 0.533. The highest BCUT2D eigenvalue weighted by atomic mass is 16.3. The number of anilines is 1. The first-order chi connectivity index (χ1) is 9.31. The minimum absolute atomic E-state index is 0.0305. The van der Waals surface area contributed by atoms with Gasteiger partial charge in [0.1, 0.15) is 0 Å². The zero-order chi connectivity index (χ0) is 15.0. The molecule has 5 heteroatoms. The Bertz CT molecular complexity index is 526. The molecule has 1 aliphatic heterocycles. The van der Waals surface area contributed by atoms with Crippen LogP contribution in [0.4, 0.5) is 5.69 Å². The summed E-state index contributed by atoms with van der Waals surface area (Å²) in [6, 6.07) is 3.24. The first-order valence-corrected chi connectivity index (χ1v) is 6.84. The number of amides is 1. The second-order valence-corrected chi connectivity index (χ2v) is 5.89. The molecule has 0 fully saturated rings. The van der Waals surface area contributed by atoms with Crippen molar-refractivity contribution in [1.29, 1.82) is 0 Å². The third-order valence-corrected chi connectivity index (χ3v) is 3.81. The van der Waals surface area contributed by atoms with Crippen LogP contribution in [-0.2, 0) is 11.2 Å². The molecule has 0 radical (unpaired) electrons. The fourth-order valence-corrected chi connectivity index (χ4v) is 2.52. The number of hydrogen-bond donors (Lipinski definition) is 2. The van der Waals surface area contributed by atoms with Crippen molar-refractivity contribution in [3.05, 3.63) is 17.7 Å². The Morgan fingerprint density at radius 2 is 1.90 bits per heavy atom. The van der Waals surface area contributed by atoms with Crippen LogP contribution in [0.1, 0.15) is 19.4 Å². The van der Waals surface area contributed by atoms with Crippen molar-refractivity contribution in [2.75, 3.05) is 25.5 Å². The Morgan fingerprint density at radius 1 is 1.30 bits per heavy atom. The average molecular weight is 278 g/mol. The Balaban J connectivity index is 2.48. The maximum Gasteiger partial charge on any atom is 0.229 e. The van der Waals surface area contributed by atoms with Crippen LogP contribution in [-0.4, -0.2) is 47.7 Å². The van der Waals surface area contributed by atoms with Gasteiger partial charge in [0.25, 0.3) is 0 Å². The summed E-state index contributed by atoms with van der Waals surface area (Å²) in [4.78, 5) is 16.2. The number of likely N-dealkylation sites (N-methyl/N-ethyl adjacent to an activating group) is 1. The van der Waals surface area contributed by atoms with Gasteiger partial charge in [-0.1, -0.05) is 13.8 Å². The molecule has 0 spiro atoms. The van der Waals surface area contributed by atoms with Gasteiger partial charge in [-0.3, -0.25) is 4.79 Å². The van der Waals surface area contributed by atoms with E-state index in [0.29, 0.717) is 12.2 Å². The number of fused-ring (bicyclic) bond motifs is 1. The molecular weight excluding hydrogens is 256 g/mol. The van der Waals surface area contributed by atoms with E-state index in [0.717, 1.165) is 12.0 Å². The molecule has 0 saturated carbocycles. The van der Waals surface area contributed by atoms with E-state index < -0.39 is 0 Å². The number of carbonyl (C=O) groups is 1. The van der Waals surface area contributed by atoms with Crippen LogP contribution in [0.3, 0.4) is 0 Å². The summed E-state index contributed by atoms with van der Waals surface area (Å²) < 4.78 is 0. The summed E-state index contributed by atoms with van der Waals surface area (Å²) in [6.45, 7) is 4.32. The van der Waals surface area contributed by atoms with Gasteiger partial charge in [-0.05, 0) is 32.1 Å². The highest BCUT2D eigenvalue weighted by Crippen LogP contribution is 2.37. The third kappa shape index (κ3) is 2.58. The van der Waals surface area contributed by atoms with Crippen molar-refractivity contribution in [3.63, 3.8) is 0 Å². The van der Waals surface area contributed by atoms with Crippen LogP contribution in [0.2, 0.25) is 0 Å². The van der Waals surface area contributed by atoms with Gasteiger partial charge < -0.3 is 20.0 Å². The molecule has 1 atom stereocenters. The zero-order valence-corrected chi connectivity index (χ0v) is 12.4. The molecule has 1 unspecified atom stereocenters. The van der Waals surface area contributed by atoms with E-state index in [4.69, 9.17) is 0 Å². The molecule has 1 aromatic carbocycles. The van der Waals surface area contributed by atoms with E-state index in [1.54, 1.807) is 11.0 Å². The van der Waals surface area contributed by atoms with Gasteiger partial charge >= 0.3 is 0 Å². The third-order valence-electron chi connectivity index (χ3n) is 3.81. The Hall–Kier alpha value is -1.75. The second-order valence-electron chi connectivity index (χ2n) is 5.89. The highest BCUT2D eigenvalue weighted by molar-refractivity contribution is 5.96. The van der Waals surface area contributed by atoms with Crippen LogP contribution in [0, 0.1) is 5.92 Å². The molecule has 5 nitrogen and oxygen atoms in total. The van der Waals surface area contributed by atoms with Gasteiger partial charge in [-0.2, -0.15) is 0 Å². The number of nitrogens with zero attached hydrogens (tertiary/aromatic N) is 2. The lowest BCUT2D eigenvalue weighted by atomic mass is 9.95. The van der Waals surface area contributed by atoms with Crippen LogP contribution in [0.5, 0.6) is 11.5 Å². The van der Waals surface area contributed by atoms with E-state index in [1.165, 1.54) is 6.07 Å². The smallest absolute Gasteiger partial charge is 0.229 e. The monoisotopic (exact) mass is 278 g/mol. The van der Waals surface area contributed by atoms with Crippen molar-refractivity contribution in [2.24, 2.45) is 5.92 Å². The lowest BCUT2D eigenvalue weighted by Gasteiger charge is -2.38. The van der Waals surface area contributed by atoms with E-state index in [9.17, 15) is 15.0 Å². The van der Waals surface area contributed by atoms with E-state index in [-0.39, 0.29) is 29.4 Å². The largest absolute Gasteiger partial charge is 0.504 e. The van der Waals surface area contributed by atoms with Crippen LogP contribution >= 0.6 is 0 Å². The van der Waals surface area contributed by atoms with Crippen molar-refractivity contribution in [2.45, 2.75) is 26.3 Å². The highest BCUT2D eigenvalue weighted by Gasteiger charge is 2.31. The molecular formula is C15H22N2O3. The van der Waals surface area contributed by atoms with Gasteiger partial charge in [-0.15, -0.1) is 0 Å². The molecule has 20 heavy (non-hydrogen) atoms. The maximum atomic E-state index is 12.4. The molecule has 1 heterocycles. The standard InChI is InChI=1S/C15H22N2O3/c1-9(2)15(20)17-8-11(16(3)4)5-10-6-13(18)14(19)7-12(10)17/h6-7,9,11,18-19H,5,8H2,1-4H3. The van der Waals surface area contributed by atoms with E-state index in [1.807, 2.05) is 27.9 Å². The van der Waals surface area contributed by atoms with Crippen LogP contribution in [0.25, 0.3) is 0 Å². The number of hydrogen-bond acceptors (Lipinski definition) is 4. The quantitative estimate of drug-likeness (QED) is 0.806. The predicted octanol–water partition coefficient (Wildman–Crippen LogP) is 1.57. The summed E-state index contributed by atoms with van der Waals surface area (Å²) in [7, 11) is 3.96. The number of phenolic OH excluding ortho intramolecular Hbond substituents is 2. The zero-order valence-electron chi connectivity index (χ0n) is 12.4. The molecule has 2 N–H and O–H groups in total. The summed E-state index contributed by atoms with van der Waals surface area (Å²) in [5, 5.41) is 19.4. The number of benzene rings is 1. The molecule has 0 saturated heterocycles. The molecule has 0 aliphatic carbocycles. The average Bonchev–Trinajstić information content (AvgIpc) is 2.38. The van der Waals surface area contributed by atoms with Gasteiger partial charge in [0.15, 0.2) is 11.5 Å². The molecule has 1 aromatic rings. The summed E-state index contributed by atoms with van der Waals surface area (Å²) in [5.74, 6) is -0.406. The summed E-state index contributed by atoms with van der Waals surface area (Å²) in [5.41, 5.74) is 1.59. The van der Waals surface area contributed by atoms with Crippen molar-refractivity contribution in [1.82, 2.24) is 4.90 Å². The van der Waals surface area contributed by atoms with Crippen LogP contribution in [0.15, 0.2) is 12.1 Å². The summed E-state index contributed by atoms with van der Waals surface area (Å²) in [6.07, 6.45) is 0.748. The predicted molar refractivity (Wildman–Crippen MR) is 78.1 cm³/mol. The summed E-state index contributed by atoms with van der Waals surface area (Å²) >= 11 is 0. The molecule has 1 amide bonds. The molecule has 0 aromatic heterocycles. The van der Waals surface area contributed by atoms with Gasteiger partial charge in [0.05, 0.1) is 5.69 Å². The molecule has 0 bridgehead atoms. The first-order valence-electron chi connectivity index (χ1n) is 6.84. The molecule has 1 aliphatic rings. The normalized spacial score (nSPS) is 18.5. The number of aromatic hydroxyl groups is 2. The first kappa shape index (κ1) is 14.7. The number of rotatable bonds is 2. The van der Waals surface area contributed by atoms with Gasteiger partial charge in [0, 0.05) is 24.6 Å². The lowest BCUT2D eigenvalue weighted by molar-refractivity contribution is -0.121. The van der Waals surface area contributed by atoms with Crippen molar-refractivity contribution >= 4 is 11.6 Å². The molecule has 110 valence electrons. The minimum Gasteiger partial charge on any atom is -0.504 e. The lowest BCUT2D eigenvalue weighted by Crippen LogP contribution is -2.49. The Morgan fingerprint density at radius 3 is 2.45 bits per heavy atom. The Kier molecular flexibility index (Phi) is 3.90. The second kappa shape index (κ2) is 5.32. The molecule has 2 rings (SSSR count). The minimum atomic E-state index is -0.186. The number of carbonyl (C=O) groups excluding carboxylic acids is 1. The van der Waals surface area contributed by atoms with Gasteiger partial charge in [-0.25, -0.2) is 0 Å². The van der Waals surface area contributed by atoms with E-state index in [2.05, 4.69) is 4.90 Å². The number of phenols is 2. The van der Waals surface area contributed by atoms with Crippen molar-refractivity contribution < 1.29 is 15.0 Å². The van der Waals surface area contributed by atoms with Crippen LogP contribution < -0.4 is 4.90 Å². The van der Waals surface area contributed by atoms with Crippen molar-refractivity contribution in [3.8, 4) is 11.5 Å². The topological polar surface area (TPSA) is 64.0 Å². The maximum absolute atomic E-state index is 12.4.